The van der Waals surface area contributed by atoms with Crippen LogP contribution in [-0.2, 0) is 13.6 Å². The van der Waals surface area contributed by atoms with Gasteiger partial charge in [0.05, 0.1) is 24.1 Å². The van der Waals surface area contributed by atoms with Gasteiger partial charge in [-0.15, -0.1) is 11.3 Å². The van der Waals surface area contributed by atoms with Gasteiger partial charge in [-0.3, -0.25) is 4.68 Å². The molecule has 14 heavy (non-hydrogen) atoms. The Hall–Kier alpha value is -1.36. The van der Waals surface area contributed by atoms with Gasteiger partial charge in [0.2, 0.25) is 0 Å². The smallest absolute Gasteiger partial charge is 0.112 e. The topological polar surface area (TPSA) is 42.7 Å². The molecule has 5 heteroatoms. The fraction of sp³-hybridized carbons (Fsp3) is 0.333. The van der Waals surface area contributed by atoms with Crippen LogP contribution in [0.2, 0.25) is 0 Å². The molecule has 2 aromatic heterocycles. The highest BCUT2D eigenvalue weighted by molar-refractivity contribution is 7.09. The van der Waals surface area contributed by atoms with Crippen LogP contribution in [0.15, 0.2) is 17.8 Å². The summed E-state index contributed by atoms with van der Waals surface area (Å²) in [5.41, 5.74) is 2.21. The van der Waals surface area contributed by atoms with Gasteiger partial charge in [0.1, 0.15) is 5.01 Å². The lowest BCUT2D eigenvalue weighted by Gasteiger charge is -2.02. The molecule has 0 aromatic carbocycles. The van der Waals surface area contributed by atoms with Crippen molar-refractivity contribution in [3.63, 3.8) is 0 Å². The van der Waals surface area contributed by atoms with Gasteiger partial charge in [-0.05, 0) is 6.92 Å². The Balaban J connectivity index is 2.02. The van der Waals surface area contributed by atoms with Crippen LogP contribution in [0.4, 0.5) is 5.69 Å². The SMILES string of the molecule is Cc1c(NCc2nccs2)cnn1C. The van der Waals surface area contributed by atoms with Crippen LogP contribution in [-0.4, -0.2) is 14.8 Å². The summed E-state index contributed by atoms with van der Waals surface area (Å²) in [5, 5.41) is 10.5. The zero-order valence-electron chi connectivity index (χ0n) is 8.19. The molecule has 1 N–H and O–H groups in total. The fourth-order valence-corrected chi connectivity index (χ4v) is 1.74. The highest BCUT2D eigenvalue weighted by atomic mass is 32.1. The molecule has 0 unspecified atom stereocenters. The standard InChI is InChI=1S/C9H12N4S/c1-7-8(5-12-13(7)2)11-6-9-10-3-4-14-9/h3-5,11H,6H2,1-2H3. The molecule has 0 aliphatic heterocycles. The first kappa shape index (κ1) is 9.21. The van der Waals surface area contributed by atoms with E-state index in [0.29, 0.717) is 0 Å². The van der Waals surface area contributed by atoms with E-state index in [1.165, 1.54) is 0 Å². The second-order valence-electron chi connectivity index (χ2n) is 3.05. The third kappa shape index (κ3) is 1.77. The fourth-order valence-electron chi connectivity index (χ4n) is 1.18. The molecule has 0 atom stereocenters. The van der Waals surface area contributed by atoms with Crippen LogP contribution < -0.4 is 5.32 Å². The molecular weight excluding hydrogens is 196 g/mol. The molecular formula is C9H12N4S. The first-order valence-electron chi connectivity index (χ1n) is 4.38. The van der Waals surface area contributed by atoms with Crippen LogP contribution in [0.5, 0.6) is 0 Å². The Labute approximate surface area is 86.6 Å². The Morgan fingerprint density at radius 1 is 1.57 bits per heavy atom. The number of hydrogen-bond acceptors (Lipinski definition) is 4. The molecule has 4 nitrogen and oxygen atoms in total. The summed E-state index contributed by atoms with van der Waals surface area (Å²) in [4.78, 5) is 4.20. The zero-order valence-corrected chi connectivity index (χ0v) is 9.01. The minimum Gasteiger partial charge on any atom is -0.376 e. The van der Waals surface area contributed by atoms with Gasteiger partial charge in [0, 0.05) is 18.6 Å². The molecule has 2 heterocycles. The van der Waals surface area contributed by atoms with Crippen molar-refractivity contribution >= 4 is 17.0 Å². The second-order valence-corrected chi connectivity index (χ2v) is 4.03. The summed E-state index contributed by atoms with van der Waals surface area (Å²) in [6.45, 7) is 2.81. The Kier molecular flexibility index (Phi) is 2.49. The van der Waals surface area contributed by atoms with E-state index >= 15 is 0 Å². The van der Waals surface area contributed by atoms with Gasteiger partial charge >= 0.3 is 0 Å². The minimum atomic E-state index is 0.768. The third-order valence-corrected chi connectivity index (χ3v) is 2.93. The summed E-state index contributed by atoms with van der Waals surface area (Å²) in [6.07, 6.45) is 3.65. The number of aromatic nitrogens is 3. The second kappa shape index (κ2) is 3.79. The predicted octanol–water partition coefficient (Wildman–Crippen LogP) is 1.80. The van der Waals surface area contributed by atoms with Crippen LogP contribution in [0.25, 0.3) is 0 Å². The molecule has 0 spiro atoms. The first-order valence-corrected chi connectivity index (χ1v) is 5.26. The van der Waals surface area contributed by atoms with Gasteiger partial charge < -0.3 is 5.32 Å². The normalized spacial score (nSPS) is 10.4. The van der Waals surface area contributed by atoms with E-state index in [-0.39, 0.29) is 0 Å². The first-order chi connectivity index (χ1) is 6.77. The van der Waals surface area contributed by atoms with E-state index in [0.717, 1.165) is 22.9 Å². The lowest BCUT2D eigenvalue weighted by atomic mass is 10.4. The third-order valence-electron chi connectivity index (χ3n) is 2.15. The van der Waals surface area contributed by atoms with Crippen molar-refractivity contribution in [1.29, 1.82) is 0 Å². The van der Waals surface area contributed by atoms with Crippen molar-refractivity contribution < 1.29 is 0 Å². The molecule has 0 aliphatic carbocycles. The average molecular weight is 208 g/mol. The van der Waals surface area contributed by atoms with Crippen LogP contribution in [0.3, 0.4) is 0 Å². The summed E-state index contributed by atoms with van der Waals surface area (Å²) < 4.78 is 1.85. The van der Waals surface area contributed by atoms with Gasteiger partial charge in [-0.1, -0.05) is 0 Å². The van der Waals surface area contributed by atoms with E-state index in [1.807, 2.05) is 36.4 Å². The number of thiazole rings is 1. The predicted molar refractivity (Wildman–Crippen MR) is 57.4 cm³/mol. The molecule has 0 fully saturated rings. The van der Waals surface area contributed by atoms with Crippen molar-refractivity contribution in [1.82, 2.24) is 14.8 Å². The maximum Gasteiger partial charge on any atom is 0.112 e. The number of nitrogens with zero attached hydrogens (tertiary/aromatic N) is 3. The maximum absolute atomic E-state index is 4.20. The molecule has 2 rings (SSSR count). The van der Waals surface area contributed by atoms with Crippen LogP contribution >= 0.6 is 11.3 Å². The van der Waals surface area contributed by atoms with Gasteiger partial charge in [-0.25, -0.2) is 4.98 Å². The average Bonchev–Trinajstić information content (AvgIpc) is 2.77. The van der Waals surface area contributed by atoms with Crippen molar-refractivity contribution in [2.24, 2.45) is 7.05 Å². The van der Waals surface area contributed by atoms with Crippen LogP contribution in [0, 0.1) is 6.92 Å². The van der Waals surface area contributed by atoms with Gasteiger partial charge in [0.15, 0.2) is 0 Å². The molecule has 0 aliphatic rings. The molecule has 0 radical (unpaired) electrons. The van der Waals surface area contributed by atoms with E-state index in [9.17, 15) is 0 Å². The Morgan fingerprint density at radius 3 is 3.00 bits per heavy atom. The van der Waals surface area contributed by atoms with E-state index < -0.39 is 0 Å². The molecule has 0 amide bonds. The van der Waals surface area contributed by atoms with Gasteiger partial charge in [0.25, 0.3) is 0 Å². The van der Waals surface area contributed by atoms with Crippen molar-refractivity contribution in [3.05, 3.63) is 28.5 Å². The summed E-state index contributed by atoms with van der Waals surface area (Å²) >= 11 is 1.65. The number of anilines is 1. The quantitative estimate of drug-likeness (QED) is 0.836. The summed E-state index contributed by atoms with van der Waals surface area (Å²) in [7, 11) is 1.93. The maximum atomic E-state index is 4.20. The Morgan fingerprint density at radius 2 is 2.43 bits per heavy atom. The van der Waals surface area contributed by atoms with Crippen molar-refractivity contribution in [2.45, 2.75) is 13.5 Å². The highest BCUT2D eigenvalue weighted by Crippen LogP contribution is 2.14. The zero-order chi connectivity index (χ0) is 9.97. The monoisotopic (exact) mass is 208 g/mol. The number of rotatable bonds is 3. The molecule has 2 aromatic rings. The number of nitrogens with one attached hydrogen (secondary N) is 1. The van der Waals surface area contributed by atoms with E-state index in [1.54, 1.807) is 11.3 Å². The highest BCUT2D eigenvalue weighted by Gasteiger charge is 2.03. The molecule has 0 saturated heterocycles. The molecule has 0 bridgehead atoms. The lowest BCUT2D eigenvalue weighted by Crippen LogP contribution is -2.00. The largest absolute Gasteiger partial charge is 0.376 e. The Bertz CT molecular complexity index is 404. The molecule has 0 saturated carbocycles. The van der Waals surface area contributed by atoms with Gasteiger partial charge in [-0.2, -0.15) is 5.10 Å². The lowest BCUT2D eigenvalue weighted by molar-refractivity contribution is 0.740. The summed E-state index contributed by atoms with van der Waals surface area (Å²) in [6, 6.07) is 0. The number of hydrogen-bond donors (Lipinski definition) is 1. The van der Waals surface area contributed by atoms with E-state index in [4.69, 9.17) is 0 Å². The van der Waals surface area contributed by atoms with E-state index in [2.05, 4.69) is 15.4 Å². The molecule has 74 valence electrons. The number of aryl methyl sites for hydroxylation is 1. The summed E-state index contributed by atoms with van der Waals surface area (Å²) in [5.74, 6) is 0. The minimum absolute atomic E-state index is 0.768. The van der Waals surface area contributed by atoms with Crippen molar-refractivity contribution in [3.8, 4) is 0 Å². The van der Waals surface area contributed by atoms with Crippen LogP contribution in [0.1, 0.15) is 10.7 Å². The van der Waals surface area contributed by atoms with Crippen molar-refractivity contribution in [2.75, 3.05) is 5.32 Å².